The van der Waals surface area contributed by atoms with Gasteiger partial charge in [-0.2, -0.15) is 0 Å². The fourth-order valence-corrected chi connectivity index (χ4v) is 3.13. The van der Waals surface area contributed by atoms with Gasteiger partial charge in [-0.05, 0) is 49.8 Å². The smallest absolute Gasteiger partial charge is 0.191 e. The Morgan fingerprint density at radius 2 is 2.16 bits per heavy atom. The van der Waals surface area contributed by atoms with Crippen LogP contribution in [0, 0.1) is 0 Å². The minimum atomic E-state index is -0.929. The van der Waals surface area contributed by atoms with E-state index in [1.165, 1.54) is 0 Å². The summed E-state index contributed by atoms with van der Waals surface area (Å²) in [5, 5.41) is 10.7. The molecule has 0 saturated heterocycles. The molecule has 3 heteroatoms. The van der Waals surface area contributed by atoms with Crippen LogP contribution in [0.1, 0.15) is 41.6 Å². The molecule has 19 heavy (non-hydrogen) atoms. The summed E-state index contributed by atoms with van der Waals surface area (Å²) in [6.45, 7) is 0. The van der Waals surface area contributed by atoms with Crippen LogP contribution in [0.4, 0.5) is 0 Å². The highest BCUT2D eigenvalue weighted by Gasteiger charge is 2.40. The second-order valence-electron chi connectivity index (χ2n) is 5.39. The highest BCUT2D eigenvalue weighted by atomic mass is 16.5. The lowest BCUT2D eigenvalue weighted by molar-refractivity contribution is 0.0495. The third-order valence-electron chi connectivity index (χ3n) is 4.26. The number of Topliss-reactive ketones (excluding diaryl/α,β-unsaturated/α-hetero) is 1. The number of aliphatic hydroxyl groups is 1. The number of ketones is 1. The first-order valence-corrected chi connectivity index (χ1v) is 6.79. The molecule has 3 nitrogen and oxygen atoms in total. The first-order valence-electron chi connectivity index (χ1n) is 6.79. The van der Waals surface area contributed by atoms with E-state index in [2.05, 4.69) is 0 Å². The molecule has 0 spiro atoms. The van der Waals surface area contributed by atoms with E-state index in [0.29, 0.717) is 29.7 Å². The summed E-state index contributed by atoms with van der Waals surface area (Å²) >= 11 is 0. The average molecular weight is 258 g/mol. The summed E-state index contributed by atoms with van der Waals surface area (Å²) in [4.78, 5) is 12.7. The van der Waals surface area contributed by atoms with E-state index in [1.807, 2.05) is 18.2 Å². The molecular weight excluding hydrogens is 240 g/mol. The predicted octanol–water partition coefficient (Wildman–Crippen LogP) is 2.67. The second-order valence-corrected chi connectivity index (χ2v) is 5.39. The molecule has 0 aromatic heterocycles. The number of allylic oxidation sites excluding steroid dienone is 1. The molecule has 2 aliphatic rings. The van der Waals surface area contributed by atoms with Gasteiger partial charge < -0.3 is 9.84 Å². The lowest BCUT2D eigenvalue weighted by Gasteiger charge is -2.31. The Kier molecular flexibility index (Phi) is 2.94. The van der Waals surface area contributed by atoms with Crippen molar-refractivity contribution in [2.75, 3.05) is 7.11 Å². The highest BCUT2D eigenvalue weighted by molar-refractivity contribution is 6.11. The zero-order valence-electron chi connectivity index (χ0n) is 11.1. The number of hydrogen-bond acceptors (Lipinski definition) is 3. The van der Waals surface area contributed by atoms with Crippen molar-refractivity contribution in [3.63, 3.8) is 0 Å². The maximum atomic E-state index is 12.7. The van der Waals surface area contributed by atoms with E-state index in [9.17, 15) is 9.90 Å². The van der Waals surface area contributed by atoms with E-state index in [-0.39, 0.29) is 5.78 Å². The Morgan fingerprint density at radius 3 is 2.95 bits per heavy atom. The van der Waals surface area contributed by atoms with Crippen LogP contribution in [0.2, 0.25) is 0 Å². The van der Waals surface area contributed by atoms with Gasteiger partial charge in [0.1, 0.15) is 5.75 Å². The van der Waals surface area contributed by atoms with Gasteiger partial charge in [-0.1, -0.05) is 12.1 Å². The molecule has 2 aliphatic carbocycles. The van der Waals surface area contributed by atoms with E-state index < -0.39 is 5.60 Å². The second kappa shape index (κ2) is 4.49. The van der Waals surface area contributed by atoms with Crippen LogP contribution in [-0.2, 0) is 6.42 Å². The van der Waals surface area contributed by atoms with E-state index in [1.54, 1.807) is 13.2 Å². The Bertz CT molecular complexity index is 559. The Hall–Kier alpha value is -1.61. The van der Waals surface area contributed by atoms with Crippen LogP contribution in [-0.4, -0.2) is 23.6 Å². The molecule has 0 amide bonds. The van der Waals surface area contributed by atoms with Crippen molar-refractivity contribution in [2.45, 2.75) is 37.7 Å². The van der Waals surface area contributed by atoms with Crippen molar-refractivity contribution in [3.8, 4) is 5.75 Å². The van der Waals surface area contributed by atoms with Crippen LogP contribution in [0.3, 0.4) is 0 Å². The third kappa shape index (κ3) is 1.98. The number of methoxy groups -OCH3 is 1. The summed E-state index contributed by atoms with van der Waals surface area (Å²) in [6.07, 6.45) is 5.80. The monoisotopic (exact) mass is 258 g/mol. The number of aryl methyl sites for hydroxylation is 1. The van der Waals surface area contributed by atoms with Gasteiger partial charge >= 0.3 is 0 Å². The standard InChI is InChI=1S/C16H18O3/c1-19-12-6-5-11-7-9-16(18)8-3-2-4-14(16)15(17)13(11)10-12/h4-6,10,18H,2-3,7-9H2,1H3/t16-/m0/s1. The zero-order chi connectivity index (χ0) is 13.5. The number of rotatable bonds is 1. The Balaban J connectivity index is 2.11. The van der Waals surface area contributed by atoms with Crippen LogP contribution in [0.25, 0.3) is 0 Å². The summed E-state index contributed by atoms with van der Waals surface area (Å²) in [5.41, 5.74) is 1.35. The maximum Gasteiger partial charge on any atom is 0.191 e. The highest BCUT2D eigenvalue weighted by Crippen LogP contribution is 2.39. The van der Waals surface area contributed by atoms with Crippen molar-refractivity contribution in [1.82, 2.24) is 0 Å². The topological polar surface area (TPSA) is 46.5 Å². The van der Waals surface area contributed by atoms with Gasteiger partial charge in [-0.3, -0.25) is 4.79 Å². The molecule has 1 N–H and O–H groups in total. The van der Waals surface area contributed by atoms with Gasteiger partial charge in [0, 0.05) is 11.1 Å². The maximum absolute atomic E-state index is 12.7. The molecular formula is C16H18O3. The van der Waals surface area contributed by atoms with Crippen LogP contribution in [0.5, 0.6) is 5.75 Å². The predicted molar refractivity (Wildman–Crippen MR) is 72.5 cm³/mol. The fraction of sp³-hybridized carbons (Fsp3) is 0.438. The minimum absolute atomic E-state index is 0.0337. The molecule has 0 fully saturated rings. The largest absolute Gasteiger partial charge is 0.497 e. The van der Waals surface area contributed by atoms with Gasteiger partial charge in [0.05, 0.1) is 12.7 Å². The Labute approximate surface area is 112 Å². The Morgan fingerprint density at radius 1 is 1.32 bits per heavy atom. The van der Waals surface area contributed by atoms with Crippen molar-refractivity contribution in [2.24, 2.45) is 0 Å². The number of benzene rings is 1. The third-order valence-corrected chi connectivity index (χ3v) is 4.26. The van der Waals surface area contributed by atoms with Crippen molar-refractivity contribution in [3.05, 3.63) is 41.0 Å². The van der Waals surface area contributed by atoms with Gasteiger partial charge in [0.25, 0.3) is 0 Å². The summed E-state index contributed by atoms with van der Waals surface area (Å²) in [7, 11) is 1.60. The molecule has 0 unspecified atom stereocenters. The van der Waals surface area contributed by atoms with Gasteiger partial charge in [0.2, 0.25) is 0 Å². The lowest BCUT2D eigenvalue weighted by Crippen LogP contribution is -2.36. The first-order chi connectivity index (χ1) is 9.14. The van der Waals surface area contributed by atoms with Crippen molar-refractivity contribution >= 4 is 5.78 Å². The molecule has 1 aromatic carbocycles. The van der Waals surface area contributed by atoms with E-state index in [4.69, 9.17) is 4.74 Å². The van der Waals surface area contributed by atoms with Gasteiger partial charge in [-0.25, -0.2) is 0 Å². The molecule has 1 atom stereocenters. The van der Waals surface area contributed by atoms with Gasteiger partial charge in [0.15, 0.2) is 5.78 Å². The lowest BCUT2D eigenvalue weighted by atomic mass is 9.79. The number of fused-ring (bicyclic) bond motifs is 2. The van der Waals surface area contributed by atoms with Crippen LogP contribution < -0.4 is 4.74 Å². The number of carbonyl (C=O) groups excluding carboxylic acids is 1. The first kappa shape index (κ1) is 12.4. The zero-order valence-corrected chi connectivity index (χ0v) is 11.1. The fourth-order valence-electron chi connectivity index (χ4n) is 3.13. The molecule has 0 aliphatic heterocycles. The molecule has 0 heterocycles. The van der Waals surface area contributed by atoms with Crippen LogP contribution >= 0.6 is 0 Å². The molecule has 100 valence electrons. The number of carbonyl (C=O) groups is 1. The quantitative estimate of drug-likeness (QED) is 0.842. The van der Waals surface area contributed by atoms with Crippen LogP contribution in [0.15, 0.2) is 29.8 Å². The SMILES string of the molecule is COc1ccc2c(c1)C(=O)C1=CCCC[C@]1(O)CC2. The van der Waals surface area contributed by atoms with Gasteiger partial charge in [-0.15, -0.1) is 0 Å². The van der Waals surface area contributed by atoms with Crippen molar-refractivity contribution < 1.29 is 14.6 Å². The van der Waals surface area contributed by atoms with E-state index >= 15 is 0 Å². The molecule has 0 saturated carbocycles. The minimum Gasteiger partial charge on any atom is -0.497 e. The molecule has 0 radical (unpaired) electrons. The molecule has 0 bridgehead atoms. The normalized spacial score (nSPS) is 26.0. The number of hydrogen-bond donors (Lipinski definition) is 1. The summed E-state index contributed by atoms with van der Waals surface area (Å²) in [6, 6.07) is 5.60. The summed E-state index contributed by atoms with van der Waals surface area (Å²) in [5.74, 6) is 0.655. The number of ether oxygens (including phenoxy) is 1. The summed E-state index contributed by atoms with van der Waals surface area (Å²) < 4.78 is 5.20. The van der Waals surface area contributed by atoms with Crippen molar-refractivity contribution in [1.29, 1.82) is 0 Å². The molecule has 3 rings (SSSR count). The van der Waals surface area contributed by atoms with E-state index in [0.717, 1.165) is 24.8 Å². The molecule has 1 aromatic rings. The average Bonchev–Trinajstić information content (AvgIpc) is 2.55.